The number of hydrogen-bond acceptors (Lipinski definition) is 5. The van der Waals surface area contributed by atoms with Gasteiger partial charge in [-0.1, -0.05) is 28.1 Å². The lowest BCUT2D eigenvalue weighted by Crippen LogP contribution is -2.44. The van der Waals surface area contributed by atoms with E-state index in [1.807, 2.05) is 12.1 Å². The normalized spacial score (nSPS) is 15.5. The summed E-state index contributed by atoms with van der Waals surface area (Å²) in [6.45, 7) is 3.73. The van der Waals surface area contributed by atoms with Gasteiger partial charge in [0, 0.05) is 41.3 Å². The highest BCUT2D eigenvalue weighted by Gasteiger charge is 2.35. The summed E-state index contributed by atoms with van der Waals surface area (Å²) >= 11 is 3.52. The predicted octanol–water partition coefficient (Wildman–Crippen LogP) is 4.23. The summed E-state index contributed by atoms with van der Waals surface area (Å²) in [7, 11) is 0. The fourth-order valence-corrected chi connectivity index (χ4v) is 3.98. The molecule has 2 aromatic rings. The van der Waals surface area contributed by atoms with Gasteiger partial charge in [0.15, 0.2) is 5.75 Å². The molecule has 0 saturated carbocycles. The SMILES string of the molecule is CCOc1ccc(C(=O)NCC2(c3cccc(Br)c3)CCOCC2)cc1[N+](=O)[O-]. The number of carbonyl (C=O) groups is 1. The molecule has 1 amide bonds. The van der Waals surface area contributed by atoms with Gasteiger partial charge in [0.05, 0.1) is 11.5 Å². The number of halogens is 1. The van der Waals surface area contributed by atoms with Gasteiger partial charge >= 0.3 is 5.69 Å². The molecule has 1 aliphatic rings. The average Bonchev–Trinajstić information content (AvgIpc) is 2.73. The van der Waals surface area contributed by atoms with Crippen molar-refractivity contribution in [2.45, 2.75) is 25.2 Å². The van der Waals surface area contributed by atoms with Crippen molar-refractivity contribution in [1.29, 1.82) is 0 Å². The van der Waals surface area contributed by atoms with Gasteiger partial charge in [0.1, 0.15) is 0 Å². The minimum Gasteiger partial charge on any atom is -0.487 e. The Labute approximate surface area is 177 Å². The average molecular weight is 463 g/mol. The first-order valence-electron chi connectivity index (χ1n) is 9.48. The Morgan fingerprint density at radius 3 is 2.69 bits per heavy atom. The molecule has 29 heavy (non-hydrogen) atoms. The van der Waals surface area contributed by atoms with E-state index in [4.69, 9.17) is 9.47 Å². The van der Waals surface area contributed by atoms with E-state index in [9.17, 15) is 14.9 Å². The largest absolute Gasteiger partial charge is 0.487 e. The molecule has 1 N–H and O–H groups in total. The molecule has 1 aliphatic heterocycles. The van der Waals surface area contributed by atoms with Crippen LogP contribution in [0.15, 0.2) is 46.9 Å². The smallest absolute Gasteiger partial charge is 0.311 e. The highest BCUT2D eigenvalue weighted by Crippen LogP contribution is 2.35. The molecule has 0 aromatic heterocycles. The number of benzene rings is 2. The maximum absolute atomic E-state index is 12.8. The van der Waals surface area contributed by atoms with Gasteiger partial charge in [0.2, 0.25) is 0 Å². The van der Waals surface area contributed by atoms with Crippen molar-refractivity contribution in [2.24, 2.45) is 0 Å². The summed E-state index contributed by atoms with van der Waals surface area (Å²) in [6.07, 6.45) is 1.57. The Bertz CT molecular complexity index is 896. The molecule has 2 aromatic carbocycles. The number of nitro groups is 1. The van der Waals surface area contributed by atoms with Crippen LogP contribution in [0.4, 0.5) is 5.69 Å². The second kappa shape index (κ2) is 9.37. The molecule has 0 atom stereocenters. The molecule has 0 aliphatic carbocycles. The number of ether oxygens (including phenoxy) is 2. The number of rotatable bonds is 7. The summed E-state index contributed by atoms with van der Waals surface area (Å²) in [4.78, 5) is 23.5. The standard InChI is InChI=1S/C21H23BrN2O5/c1-2-29-19-7-6-15(12-18(19)24(26)27)20(25)23-14-21(8-10-28-11-9-21)16-4-3-5-17(22)13-16/h3-7,12-13H,2,8-11,14H2,1H3,(H,23,25). The summed E-state index contributed by atoms with van der Waals surface area (Å²) in [5.41, 5.74) is 0.909. The Morgan fingerprint density at radius 2 is 2.03 bits per heavy atom. The van der Waals surface area contributed by atoms with Gasteiger partial charge in [-0.2, -0.15) is 0 Å². The van der Waals surface area contributed by atoms with Gasteiger partial charge in [-0.3, -0.25) is 14.9 Å². The van der Waals surface area contributed by atoms with Crippen LogP contribution in [0.5, 0.6) is 5.75 Å². The van der Waals surface area contributed by atoms with Crippen molar-refractivity contribution in [3.63, 3.8) is 0 Å². The maximum Gasteiger partial charge on any atom is 0.311 e. The van der Waals surface area contributed by atoms with E-state index >= 15 is 0 Å². The third-order valence-electron chi connectivity index (χ3n) is 5.19. The number of amides is 1. The Hall–Kier alpha value is -2.45. The highest BCUT2D eigenvalue weighted by molar-refractivity contribution is 9.10. The first-order valence-corrected chi connectivity index (χ1v) is 10.3. The van der Waals surface area contributed by atoms with E-state index in [0.717, 1.165) is 22.9 Å². The lowest BCUT2D eigenvalue weighted by Gasteiger charge is -2.38. The van der Waals surface area contributed by atoms with E-state index in [2.05, 4.69) is 33.4 Å². The first-order chi connectivity index (χ1) is 13.9. The number of nitro benzene ring substituents is 1. The second-order valence-electron chi connectivity index (χ2n) is 6.96. The van der Waals surface area contributed by atoms with E-state index in [-0.39, 0.29) is 28.3 Å². The van der Waals surface area contributed by atoms with Crippen LogP contribution in [0, 0.1) is 10.1 Å². The topological polar surface area (TPSA) is 90.7 Å². The van der Waals surface area contributed by atoms with E-state index < -0.39 is 4.92 Å². The molecule has 7 nitrogen and oxygen atoms in total. The van der Waals surface area contributed by atoms with Crippen molar-refractivity contribution in [2.75, 3.05) is 26.4 Å². The van der Waals surface area contributed by atoms with Crippen LogP contribution < -0.4 is 10.1 Å². The molecule has 8 heteroatoms. The van der Waals surface area contributed by atoms with Crippen LogP contribution in [-0.4, -0.2) is 37.2 Å². The van der Waals surface area contributed by atoms with Crippen LogP contribution in [0.3, 0.4) is 0 Å². The van der Waals surface area contributed by atoms with Gasteiger partial charge in [-0.05, 0) is 49.6 Å². The van der Waals surface area contributed by atoms with Crippen molar-refractivity contribution in [1.82, 2.24) is 5.32 Å². The summed E-state index contributed by atoms with van der Waals surface area (Å²) in [5.74, 6) is -0.193. The Balaban J connectivity index is 1.80. The van der Waals surface area contributed by atoms with Crippen LogP contribution in [0.1, 0.15) is 35.7 Å². The molecule has 0 unspecified atom stereocenters. The number of hydrogen-bond donors (Lipinski definition) is 1. The molecule has 1 saturated heterocycles. The fourth-order valence-electron chi connectivity index (χ4n) is 3.58. The van der Waals surface area contributed by atoms with Crippen molar-refractivity contribution < 1.29 is 19.2 Å². The van der Waals surface area contributed by atoms with Gasteiger partial charge in [-0.15, -0.1) is 0 Å². The lowest BCUT2D eigenvalue weighted by molar-refractivity contribution is -0.385. The van der Waals surface area contributed by atoms with Crippen LogP contribution in [-0.2, 0) is 10.2 Å². The van der Waals surface area contributed by atoms with E-state index in [0.29, 0.717) is 26.4 Å². The third kappa shape index (κ3) is 4.94. The van der Waals surface area contributed by atoms with E-state index in [1.165, 1.54) is 12.1 Å². The van der Waals surface area contributed by atoms with Crippen molar-refractivity contribution >= 4 is 27.5 Å². The van der Waals surface area contributed by atoms with Crippen LogP contribution >= 0.6 is 15.9 Å². The minimum absolute atomic E-state index is 0.157. The van der Waals surface area contributed by atoms with E-state index in [1.54, 1.807) is 13.0 Å². The zero-order chi connectivity index (χ0) is 20.9. The third-order valence-corrected chi connectivity index (χ3v) is 5.69. The molecular formula is C21H23BrN2O5. The molecule has 154 valence electrons. The number of nitrogens with one attached hydrogen (secondary N) is 1. The molecule has 1 fully saturated rings. The van der Waals surface area contributed by atoms with Gasteiger partial charge in [0.25, 0.3) is 5.91 Å². The quantitative estimate of drug-likeness (QED) is 0.490. The predicted molar refractivity (Wildman–Crippen MR) is 112 cm³/mol. The van der Waals surface area contributed by atoms with Gasteiger partial charge in [-0.25, -0.2) is 0 Å². The fraction of sp³-hybridized carbons (Fsp3) is 0.381. The number of carbonyl (C=O) groups excluding carboxylic acids is 1. The van der Waals surface area contributed by atoms with Crippen molar-refractivity contribution in [3.05, 3.63) is 68.2 Å². The zero-order valence-corrected chi connectivity index (χ0v) is 17.7. The summed E-state index contributed by atoms with van der Waals surface area (Å²) in [6, 6.07) is 12.3. The highest BCUT2D eigenvalue weighted by atomic mass is 79.9. The van der Waals surface area contributed by atoms with Crippen LogP contribution in [0.2, 0.25) is 0 Å². The Kier molecular flexibility index (Phi) is 6.87. The molecule has 1 heterocycles. The summed E-state index contributed by atoms with van der Waals surface area (Å²) < 4.78 is 11.8. The van der Waals surface area contributed by atoms with Gasteiger partial charge < -0.3 is 14.8 Å². The molecule has 0 spiro atoms. The van der Waals surface area contributed by atoms with Crippen LogP contribution in [0.25, 0.3) is 0 Å². The molecular weight excluding hydrogens is 440 g/mol. The molecule has 3 rings (SSSR count). The summed E-state index contributed by atoms with van der Waals surface area (Å²) in [5, 5.41) is 14.3. The minimum atomic E-state index is -0.538. The lowest BCUT2D eigenvalue weighted by atomic mass is 9.74. The molecule has 0 bridgehead atoms. The van der Waals surface area contributed by atoms with Crippen molar-refractivity contribution in [3.8, 4) is 5.75 Å². The maximum atomic E-state index is 12.8. The second-order valence-corrected chi connectivity index (χ2v) is 7.87. The number of nitrogens with zero attached hydrogens (tertiary/aromatic N) is 1. The monoisotopic (exact) mass is 462 g/mol. The zero-order valence-electron chi connectivity index (χ0n) is 16.2. The Morgan fingerprint density at radius 1 is 1.28 bits per heavy atom. The first kappa shape index (κ1) is 21.3. The molecule has 0 radical (unpaired) electrons.